The lowest BCUT2D eigenvalue weighted by molar-refractivity contribution is -0.115. The van der Waals surface area contributed by atoms with Gasteiger partial charge in [-0.2, -0.15) is 0 Å². The zero-order chi connectivity index (χ0) is 14.4. The molecule has 19 heavy (non-hydrogen) atoms. The molecule has 0 radical (unpaired) electrons. The van der Waals surface area contributed by atoms with Gasteiger partial charge in [-0.15, -0.1) is 0 Å². The lowest BCUT2D eigenvalue weighted by Gasteiger charge is -2.13. The molecule has 0 unspecified atom stereocenters. The van der Waals surface area contributed by atoms with Crippen LogP contribution >= 0.6 is 0 Å². The van der Waals surface area contributed by atoms with E-state index in [0.29, 0.717) is 11.3 Å². The minimum atomic E-state index is -0.112. The van der Waals surface area contributed by atoms with Crippen molar-refractivity contribution in [2.45, 2.75) is 13.8 Å². The normalized spacial score (nSPS) is 10.1. The number of likely N-dealkylation sites (N-methyl/N-ethyl adjacent to an activating group) is 1. The first kappa shape index (κ1) is 15.2. The van der Waals surface area contributed by atoms with Gasteiger partial charge in [-0.05, 0) is 31.2 Å². The van der Waals surface area contributed by atoms with Crippen LogP contribution in [0.5, 0.6) is 0 Å². The van der Waals surface area contributed by atoms with Gasteiger partial charge >= 0.3 is 0 Å². The van der Waals surface area contributed by atoms with Gasteiger partial charge in [0.2, 0.25) is 5.91 Å². The summed E-state index contributed by atoms with van der Waals surface area (Å²) < 4.78 is 0. The summed E-state index contributed by atoms with van der Waals surface area (Å²) in [7, 11) is 3.40. The summed E-state index contributed by atoms with van der Waals surface area (Å²) in [5, 5.41) is 5.76. The van der Waals surface area contributed by atoms with E-state index in [1.807, 2.05) is 19.9 Å². The van der Waals surface area contributed by atoms with Crippen molar-refractivity contribution in [1.29, 1.82) is 0 Å². The van der Waals surface area contributed by atoms with E-state index in [1.54, 1.807) is 26.2 Å². The van der Waals surface area contributed by atoms with Crippen LogP contribution in [0.3, 0.4) is 0 Å². The van der Waals surface area contributed by atoms with Crippen molar-refractivity contribution in [1.82, 2.24) is 10.2 Å². The number of anilines is 1. The number of rotatable bonds is 5. The summed E-state index contributed by atoms with van der Waals surface area (Å²) >= 11 is 0. The van der Waals surface area contributed by atoms with E-state index in [0.717, 1.165) is 12.1 Å². The number of benzene rings is 1. The number of carbonyl (C=O) groups is 2. The first-order valence-electron chi connectivity index (χ1n) is 6.28. The van der Waals surface area contributed by atoms with E-state index >= 15 is 0 Å². The molecule has 0 heterocycles. The Morgan fingerprint density at radius 3 is 2.53 bits per heavy atom. The number of amides is 2. The largest absolute Gasteiger partial charge is 0.345 e. The fourth-order valence-corrected chi connectivity index (χ4v) is 1.58. The van der Waals surface area contributed by atoms with Crippen LogP contribution in [0.25, 0.3) is 0 Å². The van der Waals surface area contributed by atoms with Crippen LogP contribution in [0.4, 0.5) is 5.69 Å². The molecule has 0 atom stereocenters. The number of nitrogens with zero attached hydrogens (tertiary/aromatic N) is 1. The zero-order valence-corrected chi connectivity index (χ0v) is 11.9. The Morgan fingerprint density at radius 2 is 1.95 bits per heavy atom. The van der Waals surface area contributed by atoms with Gasteiger partial charge in [0.15, 0.2) is 0 Å². The standard InChI is InChI=1S/C14H21N3O2/c1-5-15-9-13(18)16-12-8-11(7-6-10(12)2)14(19)17(3)4/h6-8,15H,5,9H2,1-4H3,(H,16,18). The molecule has 2 amide bonds. The fraction of sp³-hybridized carbons (Fsp3) is 0.429. The first-order valence-corrected chi connectivity index (χ1v) is 6.28. The fourth-order valence-electron chi connectivity index (χ4n) is 1.58. The van der Waals surface area contributed by atoms with Crippen molar-refractivity contribution < 1.29 is 9.59 Å². The monoisotopic (exact) mass is 263 g/mol. The molecule has 104 valence electrons. The molecule has 0 aliphatic rings. The predicted octanol–water partition coefficient (Wildman–Crippen LogP) is 1.24. The summed E-state index contributed by atoms with van der Waals surface area (Å²) in [6.07, 6.45) is 0. The van der Waals surface area contributed by atoms with E-state index in [2.05, 4.69) is 10.6 Å². The molecule has 0 bridgehead atoms. The van der Waals surface area contributed by atoms with Crippen LogP contribution in [0, 0.1) is 6.92 Å². The van der Waals surface area contributed by atoms with E-state index < -0.39 is 0 Å². The summed E-state index contributed by atoms with van der Waals surface area (Å²) in [6.45, 7) is 4.84. The average molecular weight is 263 g/mol. The van der Waals surface area contributed by atoms with Crippen LogP contribution in [0.1, 0.15) is 22.8 Å². The smallest absolute Gasteiger partial charge is 0.253 e. The van der Waals surface area contributed by atoms with Crippen LogP contribution in [0.2, 0.25) is 0 Å². The minimum absolute atomic E-state index is 0.0813. The molecule has 0 aliphatic carbocycles. The first-order chi connectivity index (χ1) is 8.95. The second-order valence-corrected chi connectivity index (χ2v) is 4.56. The van der Waals surface area contributed by atoms with Crippen LogP contribution in [-0.4, -0.2) is 43.9 Å². The molecule has 0 aromatic heterocycles. The van der Waals surface area contributed by atoms with Gasteiger partial charge in [-0.25, -0.2) is 0 Å². The molecule has 5 heteroatoms. The highest BCUT2D eigenvalue weighted by molar-refractivity contribution is 5.98. The summed E-state index contributed by atoms with van der Waals surface area (Å²) in [4.78, 5) is 25.0. The van der Waals surface area contributed by atoms with Crippen LogP contribution < -0.4 is 10.6 Å². The molecule has 0 fully saturated rings. The molecular weight excluding hydrogens is 242 g/mol. The molecule has 1 aromatic carbocycles. The predicted molar refractivity (Wildman–Crippen MR) is 76.4 cm³/mol. The average Bonchev–Trinajstić information content (AvgIpc) is 2.38. The number of nitrogens with one attached hydrogen (secondary N) is 2. The van der Waals surface area contributed by atoms with Crippen molar-refractivity contribution >= 4 is 17.5 Å². The van der Waals surface area contributed by atoms with Crippen molar-refractivity contribution in [3.05, 3.63) is 29.3 Å². The topological polar surface area (TPSA) is 61.4 Å². The Balaban J connectivity index is 2.86. The highest BCUT2D eigenvalue weighted by Gasteiger charge is 2.11. The number of hydrogen-bond donors (Lipinski definition) is 2. The van der Waals surface area contributed by atoms with Crippen molar-refractivity contribution in [2.75, 3.05) is 32.5 Å². The Labute approximate surface area is 114 Å². The van der Waals surface area contributed by atoms with E-state index in [1.165, 1.54) is 4.90 Å². The third kappa shape index (κ3) is 4.37. The van der Waals surface area contributed by atoms with E-state index in [9.17, 15) is 9.59 Å². The molecule has 1 rings (SSSR count). The minimum Gasteiger partial charge on any atom is -0.345 e. The van der Waals surface area contributed by atoms with E-state index in [4.69, 9.17) is 0 Å². The van der Waals surface area contributed by atoms with Gasteiger partial charge in [0, 0.05) is 25.3 Å². The van der Waals surface area contributed by atoms with Gasteiger partial charge in [-0.3, -0.25) is 9.59 Å². The highest BCUT2D eigenvalue weighted by atomic mass is 16.2. The Bertz CT molecular complexity index is 470. The number of hydrogen-bond acceptors (Lipinski definition) is 3. The summed E-state index contributed by atoms with van der Waals surface area (Å²) in [5.41, 5.74) is 2.17. The second kappa shape index (κ2) is 6.89. The maximum atomic E-state index is 11.9. The molecule has 0 saturated heterocycles. The zero-order valence-electron chi connectivity index (χ0n) is 11.9. The quantitative estimate of drug-likeness (QED) is 0.840. The lowest BCUT2D eigenvalue weighted by atomic mass is 10.1. The molecular formula is C14H21N3O2. The van der Waals surface area contributed by atoms with E-state index in [-0.39, 0.29) is 18.4 Å². The third-order valence-corrected chi connectivity index (χ3v) is 2.70. The second-order valence-electron chi connectivity index (χ2n) is 4.56. The van der Waals surface area contributed by atoms with Crippen molar-refractivity contribution in [2.24, 2.45) is 0 Å². The molecule has 2 N–H and O–H groups in total. The summed E-state index contributed by atoms with van der Waals surface area (Å²) in [6, 6.07) is 5.30. The van der Waals surface area contributed by atoms with Gasteiger partial charge in [0.1, 0.15) is 0 Å². The van der Waals surface area contributed by atoms with Gasteiger partial charge in [0.05, 0.1) is 6.54 Å². The van der Waals surface area contributed by atoms with Gasteiger partial charge in [-0.1, -0.05) is 13.0 Å². The molecule has 0 saturated carbocycles. The highest BCUT2D eigenvalue weighted by Crippen LogP contribution is 2.17. The Hall–Kier alpha value is -1.88. The molecule has 5 nitrogen and oxygen atoms in total. The Kier molecular flexibility index (Phi) is 5.51. The number of carbonyl (C=O) groups excluding carboxylic acids is 2. The number of aryl methyl sites for hydroxylation is 1. The van der Waals surface area contributed by atoms with Gasteiger partial charge < -0.3 is 15.5 Å². The van der Waals surface area contributed by atoms with Gasteiger partial charge in [0.25, 0.3) is 5.91 Å². The SMILES string of the molecule is CCNCC(=O)Nc1cc(C(=O)N(C)C)ccc1C. The summed E-state index contributed by atoms with van der Waals surface area (Å²) in [5.74, 6) is -0.193. The maximum absolute atomic E-state index is 11.9. The Morgan fingerprint density at radius 1 is 1.26 bits per heavy atom. The van der Waals surface area contributed by atoms with Crippen molar-refractivity contribution in [3.8, 4) is 0 Å². The van der Waals surface area contributed by atoms with Crippen molar-refractivity contribution in [3.63, 3.8) is 0 Å². The third-order valence-electron chi connectivity index (χ3n) is 2.70. The maximum Gasteiger partial charge on any atom is 0.253 e. The lowest BCUT2D eigenvalue weighted by Crippen LogP contribution is -2.28. The van der Waals surface area contributed by atoms with Crippen LogP contribution in [-0.2, 0) is 4.79 Å². The van der Waals surface area contributed by atoms with Crippen LogP contribution in [0.15, 0.2) is 18.2 Å². The molecule has 0 aliphatic heterocycles. The molecule has 1 aromatic rings. The molecule has 0 spiro atoms.